The zero-order valence-corrected chi connectivity index (χ0v) is 12.3. The number of halogens is 1. The Morgan fingerprint density at radius 3 is 2.76 bits per heavy atom. The van der Waals surface area contributed by atoms with Gasteiger partial charge in [-0.15, -0.1) is 0 Å². The Morgan fingerprint density at radius 2 is 2.29 bits per heavy atom. The second kappa shape index (κ2) is 7.88. The molecule has 1 rings (SSSR count). The van der Waals surface area contributed by atoms with Crippen LogP contribution >= 0.6 is 11.6 Å². The quantitative estimate of drug-likeness (QED) is 0.481. The number of allylic oxidation sites excluding steroid dienone is 2. The molecule has 0 bridgehead atoms. The van der Waals surface area contributed by atoms with Crippen LogP contribution in [0.2, 0.25) is 0 Å². The number of amides is 1. The second-order valence-electron chi connectivity index (χ2n) is 4.05. The maximum Gasteiger partial charge on any atom is 0.262 e. The van der Waals surface area contributed by atoms with Gasteiger partial charge in [0.05, 0.1) is 6.04 Å². The molecule has 21 heavy (non-hydrogen) atoms. The van der Waals surface area contributed by atoms with Crippen molar-refractivity contribution in [2.24, 2.45) is 0 Å². The molecule has 0 aliphatic carbocycles. The molecule has 1 aromatic rings. The zero-order chi connectivity index (χ0) is 15.8. The molecule has 0 saturated heterocycles. The van der Waals surface area contributed by atoms with E-state index in [1.165, 1.54) is 24.4 Å². The highest BCUT2D eigenvalue weighted by molar-refractivity contribution is 6.31. The lowest BCUT2D eigenvalue weighted by Crippen LogP contribution is -2.34. The first kappa shape index (κ1) is 16.5. The molecule has 0 aliphatic heterocycles. The van der Waals surface area contributed by atoms with Crippen LogP contribution in [0.5, 0.6) is 0 Å². The summed E-state index contributed by atoms with van der Waals surface area (Å²) in [4.78, 5) is 18.8. The third kappa shape index (κ3) is 4.48. The second-order valence-corrected chi connectivity index (χ2v) is 4.46. The van der Waals surface area contributed by atoms with Crippen LogP contribution in [0.4, 0.5) is 0 Å². The Balaban J connectivity index is 2.92. The summed E-state index contributed by atoms with van der Waals surface area (Å²) in [5, 5.41) is 12.1. The molecule has 0 radical (unpaired) electrons. The summed E-state index contributed by atoms with van der Waals surface area (Å²) in [6, 6.07) is 1.43. The van der Waals surface area contributed by atoms with Crippen LogP contribution in [0.1, 0.15) is 12.7 Å². The van der Waals surface area contributed by atoms with Gasteiger partial charge in [-0.3, -0.25) is 4.79 Å². The molecule has 108 valence electrons. The smallest absolute Gasteiger partial charge is 0.262 e. The van der Waals surface area contributed by atoms with Crippen molar-refractivity contribution >= 4 is 23.6 Å². The number of nitrogens with zero attached hydrogens (tertiary/aromatic N) is 2. The number of hydrogen-bond donors (Lipinski definition) is 2. The van der Waals surface area contributed by atoms with E-state index in [-0.39, 0.29) is 5.57 Å². The topological polar surface area (TPSA) is 81.6 Å². The lowest BCUT2D eigenvalue weighted by atomic mass is 10.1. The number of aromatic amines is 1. The Labute approximate surface area is 128 Å². The molecule has 5 nitrogen and oxygen atoms in total. The van der Waals surface area contributed by atoms with E-state index < -0.39 is 11.9 Å². The predicted octanol–water partition coefficient (Wildman–Crippen LogP) is 2.69. The molecular formula is C15H15ClN4O. The average Bonchev–Trinajstić information content (AvgIpc) is 2.97. The van der Waals surface area contributed by atoms with E-state index in [2.05, 4.69) is 28.4 Å². The molecule has 2 N–H and O–H groups in total. The molecule has 6 heteroatoms. The van der Waals surface area contributed by atoms with Crippen molar-refractivity contribution in [3.8, 4) is 6.07 Å². The molecular weight excluding hydrogens is 288 g/mol. The summed E-state index contributed by atoms with van der Waals surface area (Å²) in [6.45, 7) is 8.95. The van der Waals surface area contributed by atoms with Crippen LogP contribution < -0.4 is 5.32 Å². The Morgan fingerprint density at radius 1 is 1.57 bits per heavy atom. The number of carbonyl (C=O) groups excluding carboxylic acids is 1. The van der Waals surface area contributed by atoms with E-state index >= 15 is 0 Å². The van der Waals surface area contributed by atoms with Gasteiger partial charge in [0.2, 0.25) is 0 Å². The molecule has 0 saturated carbocycles. The van der Waals surface area contributed by atoms with Gasteiger partial charge in [0.1, 0.15) is 17.5 Å². The Kier molecular flexibility index (Phi) is 6.18. The van der Waals surface area contributed by atoms with Crippen LogP contribution in [0.15, 0.2) is 53.9 Å². The van der Waals surface area contributed by atoms with E-state index in [0.29, 0.717) is 16.4 Å². The van der Waals surface area contributed by atoms with Gasteiger partial charge in [0, 0.05) is 23.5 Å². The molecule has 1 unspecified atom stereocenters. The van der Waals surface area contributed by atoms with Crippen molar-refractivity contribution < 1.29 is 4.79 Å². The van der Waals surface area contributed by atoms with Crippen molar-refractivity contribution in [1.29, 1.82) is 5.26 Å². The minimum absolute atomic E-state index is 0.0602. The zero-order valence-electron chi connectivity index (χ0n) is 11.6. The number of carbonyl (C=O) groups is 1. The van der Waals surface area contributed by atoms with Gasteiger partial charge in [-0.05, 0) is 12.5 Å². The predicted molar refractivity (Wildman–Crippen MR) is 83.1 cm³/mol. The minimum Gasteiger partial charge on any atom is -0.345 e. The molecule has 0 spiro atoms. The first-order valence-electron chi connectivity index (χ1n) is 6.10. The molecule has 1 aromatic heterocycles. The van der Waals surface area contributed by atoms with Gasteiger partial charge in [-0.1, -0.05) is 36.9 Å². The molecule has 0 fully saturated rings. The summed E-state index contributed by atoms with van der Waals surface area (Å²) >= 11 is 5.98. The minimum atomic E-state index is -0.519. The van der Waals surface area contributed by atoms with Gasteiger partial charge in [-0.25, -0.2) is 4.98 Å². The third-order valence-electron chi connectivity index (χ3n) is 2.65. The fraction of sp³-hybridized carbons (Fsp3) is 0.133. The van der Waals surface area contributed by atoms with Gasteiger partial charge < -0.3 is 10.3 Å². The standard InChI is InChI=1S/C15H15ClN4O/c1-4-12(13(16)5-2)10(3)20-15(21)11(9-17)8-14-18-6-7-19-14/h4-8,10H,1-2H2,3H3,(H,18,19)(H,20,21)/b11-8+,13-12-. The number of H-pyrrole nitrogens is 1. The monoisotopic (exact) mass is 302 g/mol. The fourth-order valence-corrected chi connectivity index (χ4v) is 1.83. The Hall–Kier alpha value is -2.58. The Bertz CT molecular complexity index is 635. The average molecular weight is 303 g/mol. The van der Waals surface area contributed by atoms with Gasteiger partial charge in [0.25, 0.3) is 5.91 Å². The molecule has 1 amide bonds. The van der Waals surface area contributed by atoms with E-state index in [9.17, 15) is 4.79 Å². The highest BCUT2D eigenvalue weighted by Gasteiger charge is 2.16. The van der Waals surface area contributed by atoms with Crippen LogP contribution in [0.25, 0.3) is 6.08 Å². The van der Waals surface area contributed by atoms with E-state index in [0.717, 1.165) is 0 Å². The van der Waals surface area contributed by atoms with Crippen molar-refractivity contribution in [2.75, 3.05) is 0 Å². The van der Waals surface area contributed by atoms with E-state index in [1.807, 2.05) is 6.07 Å². The van der Waals surface area contributed by atoms with Gasteiger partial charge in [-0.2, -0.15) is 5.26 Å². The van der Waals surface area contributed by atoms with Crippen LogP contribution in [0.3, 0.4) is 0 Å². The maximum atomic E-state index is 12.1. The van der Waals surface area contributed by atoms with E-state index in [4.69, 9.17) is 16.9 Å². The summed E-state index contributed by atoms with van der Waals surface area (Å²) in [5.74, 6) is -0.0905. The van der Waals surface area contributed by atoms with E-state index in [1.54, 1.807) is 13.1 Å². The normalized spacial score (nSPS) is 13.7. The lowest BCUT2D eigenvalue weighted by molar-refractivity contribution is -0.117. The summed E-state index contributed by atoms with van der Waals surface area (Å²) in [7, 11) is 0. The number of nitriles is 1. The number of hydrogen-bond acceptors (Lipinski definition) is 3. The number of nitrogens with one attached hydrogen (secondary N) is 2. The maximum absolute atomic E-state index is 12.1. The summed E-state index contributed by atoms with van der Waals surface area (Å²) < 4.78 is 0. The largest absolute Gasteiger partial charge is 0.345 e. The molecule has 0 aliphatic rings. The SMILES string of the molecule is C=C/C(Cl)=C(\C=C)C(C)NC(=O)/C(C#N)=C/c1ncc[nH]1. The highest BCUT2D eigenvalue weighted by atomic mass is 35.5. The number of aromatic nitrogens is 2. The van der Waals surface area contributed by atoms with Crippen molar-refractivity contribution in [1.82, 2.24) is 15.3 Å². The van der Waals surface area contributed by atoms with Gasteiger partial charge >= 0.3 is 0 Å². The first-order valence-corrected chi connectivity index (χ1v) is 6.47. The van der Waals surface area contributed by atoms with Crippen molar-refractivity contribution in [3.05, 3.63) is 59.7 Å². The van der Waals surface area contributed by atoms with Crippen LogP contribution in [-0.4, -0.2) is 21.9 Å². The van der Waals surface area contributed by atoms with Gasteiger partial charge in [0.15, 0.2) is 0 Å². The van der Waals surface area contributed by atoms with Crippen molar-refractivity contribution in [3.63, 3.8) is 0 Å². The fourth-order valence-electron chi connectivity index (χ4n) is 1.59. The molecule has 0 aromatic carbocycles. The molecule has 1 heterocycles. The lowest BCUT2D eigenvalue weighted by Gasteiger charge is -2.15. The van der Waals surface area contributed by atoms with Crippen molar-refractivity contribution in [2.45, 2.75) is 13.0 Å². The number of rotatable bonds is 6. The third-order valence-corrected chi connectivity index (χ3v) is 3.03. The summed E-state index contributed by atoms with van der Waals surface area (Å²) in [6.07, 6.45) is 7.50. The highest BCUT2D eigenvalue weighted by Crippen LogP contribution is 2.16. The molecule has 1 atom stereocenters. The number of imidazole rings is 1. The first-order chi connectivity index (χ1) is 10.0. The van der Waals surface area contributed by atoms with Crippen LogP contribution in [-0.2, 0) is 4.79 Å². The summed E-state index contributed by atoms with van der Waals surface area (Å²) in [5.41, 5.74) is 0.560. The van der Waals surface area contributed by atoms with Crippen LogP contribution in [0, 0.1) is 11.3 Å².